The molecule has 0 atom stereocenters. The fourth-order valence-corrected chi connectivity index (χ4v) is 3.80. The highest BCUT2D eigenvalue weighted by molar-refractivity contribution is 7.99. The van der Waals surface area contributed by atoms with Gasteiger partial charge in [0.2, 0.25) is 11.1 Å². The third kappa shape index (κ3) is 3.78. The number of primary amides is 1. The molecule has 0 fully saturated rings. The molecule has 0 radical (unpaired) electrons. The van der Waals surface area contributed by atoms with Crippen LogP contribution in [0.5, 0.6) is 0 Å². The first-order valence-corrected chi connectivity index (χ1v) is 9.14. The van der Waals surface area contributed by atoms with E-state index in [0.717, 1.165) is 4.88 Å². The van der Waals surface area contributed by atoms with Crippen LogP contribution in [0.15, 0.2) is 34.1 Å². The SMILES string of the molecule is NC(=O)c1ccsc1NC(=O)CSc1n[nH]c(-c2cccs2)n1. The zero-order valence-electron chi connectivity index (χ0n) is 11.6. The number of amides is 2. The van der Waals surface area contributed by atoms with Crippen molar-refractivity contribution >= 4 is 51.3 Å². The first-order valence-electron chi connectivity index (χ1n) is 6.39. The number of carbonyl (C=O) groups excluding carboxylic acids is 2. The van der Waals surface area contributed by atoms with Gasteiger partial charge < -0.3 is 11.1 Å². The Labute approximate surface area is 143 Å². The third-order valence-electron chi connectivity index (χ3n) is 2.74. The van der Waals surface area contributed by atoms with Crippen LogP contribution in [0.1, 0.15) is 10.4 Å². The number of carbonyl (C=O) groups is 2. The summed E-state index contributed by atoms with van der Waals surface area (Å²) in [5.74, 6) is 0.000968. The number of thiophene rings is 2. The molecule has 118 valence electrons. The highest BCUT2D eigenvalue weighted by Gasteiger charge is 2.14. The average molecular weight is 365 g/mol. The predicted molar refractivity (Wildman–Crippen MR) is 91.9 cm³/mol. The number of H-pyrrole nitrogens is 1. The van der Waals surface area contributed by atoms with Crippen molar-refractivity contribution in [1.82, 2.24) is 15.2 Å². The van der Waals surface area contributed by atoms with Crippen molar-refractivity contribution in [3.05, 3.63) is 34.5 Å². The largest absolute Gasteiger partial charge is 0.366 e. The lowest BCUT2D eigenvalue weighted by molar-refractivity contribution is -0.113. The minimum Gasteiger partial charge on any atom is -0.366 e. The molecule has 7 nitrogen and oxygen atoms in total. The van der Waals surface area contributed by atoms with E-state index in [-0.39, 0.29) is 11.7 Å². The van der Waals surface area contributed by atoms with Crippen molar-refractivity contribution in [3.8, 4) is 10.7 Å². The molecule has 23 heavy (non-hydrogen) atoms. The van der Waals surface area contributed by atoms with Crippen LogP contribution in [0.3, 0.4) is 0 Å². The summed E-state index contributed by atoms with van der Waals surface area (Å²) in [7, 11) is 0. The molecule has 4 N–H and O–H groups in total. The number of hydrogen-bond donors (Lipinski definition) is 3. The van der Waals surface area contributed by atoms with Gasteiger partial charge in [-0.3, -0.25) is 14.7 Å². The van der Waals surface area contributed by atoms with Crippen LogP contribution in [0.25, 0.3) is 10.7 Å². The Hall–Kier alpha value is -2.17. The lowest BCUT2D eigenvalue weighted by atomic mass is 10.3. The molecule has 3 aromatic rings. The normalized spacial score (nSPS) is 10.6. The van der Waals surface area contributed by atoms with E-state index in [9.17, 15) is 9.59 Å². The fourth-order valence-electron chi connectivity index (χ4n) is 1.73. The van der Waals surface area contributed by atoms with Gasteiger partial charge in [0, 0.05) is 0 Å². The van der Waals surface area contributed by atoms with E-state index in [1.165, 1.54) is 23.1 Å². The maximum Gasteiger partial charge on any atom is 0.251 e. The van der Waals surface area contributed by atoms with E-state index in [4.69, 9.17) is 5.73 Å². The van der Waals surface area contributed by atoms with Gasteiger partial charge in [-0.2, -0.15) is 0 Å². The van der Waals surface area contributed by atoms with Crippen molar-refractivity contribution in [3.63, 3.8) is 0 Å². The molecule has 0 unspecified atom stereocenters. The van der Waals surface area contributed by atoms with Gasteiger partial charge in [-0.05, 0) is 22.9 Å². The van der Waals surface area contributed by atoms with Gasteiger partial charge in [0.1, 0.15) is 5.00 Å². The monoisotopic (exact) mass is 365 g/mol. The van der Waals surface area contributed by atoms with Crippen LogP contribution < -0.4 is 11.1 Å². The molecule has 0 aliphatic heterocycles. The Balaban J connectivity index is 1.57. The number of aromatic nitrogens is 3. The van der Waals surface area contributed by atoms with E-state index in [0.29, 0.717) is 21.5 Å². The van der Waals surface area contributed by atoms with E-state index < -0.39 is 5.91 Å². The minimum atomic E-state index is -0.566. The zero-order chi connectivity index (χ0) is 16.2. The molecule has 3 rings (SSSR count). The molecule has 10 heteroatoms. The smallest absolute Gasteiger partial charge is 0.251 e. The van der Waals surface area contributed by atoms with Crippen LogP contribution in [-0.4, -0.2) is 32.7 Å². The molecule has 0 aromatic carbocycles. The Morgan fingerprint density at radius 3 is 2.91 bits per heavy atom. The molecule has 0 aliphatic rings. The van der Waals surface area contributed by atoms with Crippen LogP contribution in [0, 0.1) is 0 Å². The number of hydrogen-bond acceptors (Lipinski definition) is 7. The summed E-state index contributed by atoms with van der Waals surface area (Å²) in [6, 6.07) is 5.45. The van der Waals surface area contributed by atoms with Gasteiger partial charge in [-0.1, -0.05) is 17.8 Å². The second-order valence-electron chi connectivity index (χ2n) is 4.31. The standard InChI is InChI=1S/C13H11N5O2S3/c14-10(20)7-3-5-22-12(7)15-9(19)6-23-13-16-11(17-18-13)8-2-1-4-21-8/h1-5H,6H2,(H2,14,20)(H,15,19)(H,16,17,18). The first kappa shape index (κ1) is 15.7. The first-order chi connectivity index (χ1) is 11.1. The number of rotatable bonds is 6. The molecule has 3 heterocycles. The van der Waals surface area contributed by atoms with Crippen molar-refractivity contribution in [2.75, 3.05) is 11.1 Å². The van der Waals surface area contributed by atoms with Crippen LogP contribution in [0.2, 0.25) is 0 Å². The third-order valence-corrected chi connectivity index (χ3v) is 5.29. The second-order valence-corrected chi connectivity index (χ2v) is 7.11. The van der Waals surface area contributed by atoms with Gasteiger partial charge in [0.05, 0.1) is 16.2 Å². The lowest BCUT2D eigenvalue weighted by Gasteiger charge is -2.02. The topological polar surface area (TPSA) is 114 Å². The molecule has 0 aliphatic carbocycles. The van der Waals surface area contributed by atoms with Gasteiger partial charge in [0.25, 0.3) is 5.91 Å². The Kier molecular flexibility index (Phi) is 4.74. The molecule has 0 saturated heterocycles. The van der Waals surface area contributed by atoms with Gasteiger partial charge in [0.15, 0.2) is 5.82 Å². The molecule has 0 bridgehead atoms. The number of nitrogens with zero attached hydrogens (tertiary/aromatic N) is 2. The second kappa shape index (κ2) is 6.94. The van der Waals surface area contributed by atoms with Gasteiger partial charge in [-0.25, -0.2) is 4.98 Å². The summed E-state index contributed by atoms with van der Waals surface area (Å²) >= 11 is 4.02. The van der Waals surface area contributed by atoms with Crippen LogP contribution >= 0.6 is 34.4 Å². The maximum absolute atomic E-state index is 12.0. The molecular weight excluding hydrogens is 354 g/mol. The summed E-state index contributed by atoms with van der Waals surface area (Å²) in [5, 5.41) is 14.2. The summed E-state index contributed by atoms with van der Waals surface area (Å²) in [4.78, 5) is 28.5. The molecule has 3 aromatic heterocycles. The van der Waals surface area contributed by atoms with Crippen molar-refractivity contribution in [2.24, 2.45) is 5.73 Å². The van der Waals surface area contributed by atoms with Crippen molar-refractivity contribution in [2.45, 2.75) is 5.16 Å². The van der Waals surface area contributed by atoms with Gasteiger partial charge >= 0.3 is 0 Å². The van der Waals surface area contributed by atoms with Crippen LogP contribution in [0.4, 0.5) is 5.00 Å². The van der Waals surface area contributed by atoms with Crippen molar-refractivity contribution < 1.29 is 9.59 Å². The highest BCUT2D eigenvalue weighted by Crippen LogP contribution is 2.25. The number of thioether (sulfide) groups is 1. The molecule has 0 saturated carbocycles. The average Bonchev–Trinajstić information content (AvgIpc) is 3.25. The summed E-state index contributed by atoms with van der Waals surface area (Å²) in [6.07, 6.45) is 0. The Morgan fingerprint density at radius 2 is 2.17 bits per heavy atom. The van der Waals surface area contributed by atoms with E-state index in [1.54, 1.807) is 22.8 Å². The van der Waals surface area contributed by atoms with E-state index in [1.807, 2.05) is 17.5 Å². The highest BCUT2D eigenvalue weighted by atomic mass is 32.2. The van der Waals surface area contributed by atoms with E-state index >= 15 is 0 Å². The van der Waals surface area contributed by atoms with Gasteiger partial charge in [-0.15, -0.1) is 27.8 Å². The summed E-state index contributed by atoms with van der Waals surface area (Å²) in [6.45, 7) is 0. The number of anilines is 1. The van der Waals surface area contributed by atoms with E-state index in [2.05, 4.69) is 20.5 Å². The molecular formula is C13H11N5O2S3. The Bertz CT molecular complexity index is 824. The fraction of sp³-hybridized carbons (Fsp3) is 0.0769. The van der Waals surface area contributed by atoms with Crippen molar-refractivity contribution in [1.29, 1.82) is 0 Å². The molecule has 0 spiro atoms. The number of aromatic amines is 1. The number of nitrogens with two attached hydrogens (primary N) is 1. The maximum atomic E-state index is 12.0. The summed E-state index contributed by atoms with van der Waals surface area (Å²) in [5.41, 5.74) is 5.55. The quantitative estimate of drug-likeness (QED) is 0.581. The molecule has 2 amide bonds. The number of nitrogens with one attached hydrogen (secondary N) is 2. The van der Waals surface area contributed by atoms with Crippen LogP contribution in [-0.2, 0) is 4.79 Å². The zero-order valence-corrected chi connectivity index (χ0v) is 14.1. The minimum absolute atomic E-state index is 0.137. The Morgan fingerprint density at radius 1 is 1.30 bits per heavy atom. The predicted octanol–water partition coefficient (Wildman–Crippen LogP) is 2.42. The summed E-state index contributed by atoms with van der Waals surface area (Å²) < 4.78 is 0. The lowest BCUT2D eigenvalue weighted by Crippen LogP contribution is -2.17.